The van der Waals surface area contributed by atoms with Crippen LogP contribution in [0.15, 0.2) is 42.9 Å². The third kappa shape index (κ3) is 6.67. The molecular formula is C20H26N2O3S. The van der Waals surface area contributed by atoms with Gasteiger partial charge in [-0.05, 0) is 26.3 Å². The van der Waals surface area contributed by atoms with Crippen molar-refractivity contribution in [3.63, 3.8) is 0 Å². The van der Waals surface area contributed by atoms with Gasteiger partial charge in [-0.25, -0.2) is 4.98 Å². The van der Waals surface area contributed by atoms with Gasteiger partial charge in [0.2, 0.25) is 0 Å². The third-order valence-electron chi connectivity index (χ3n) is 3.76. The lowest BCUT2D eigenvalue weighted by molar-refractivity contribution is -0.156. The molecule has 0 aliphatic heterocycles. The Morgan fingerprint density at radius 3 is 2.50 bits per heavy atom. The SMILES string of the molecule is Cn1cncc1C[C@H](CC(=O)OC(C)(C)C)C(=O)SCc1ccccc1. The number of esters is 1. The van der Waals surface area contributed by atoms with E-state index in [-0.39, 0.29) is 17.5 Å². The van der Waals surface area contributed by atoms with E-state index in [2.05, 4.69) is 4.98 Å². The Kier molecular flexibility index (Phi) is 7.03. The van der Waals surface area contributed by atoms with E-state index in [1.807, 2.05) is 62.7 Å². The van der Waals surface area contributed by atoms with E-state index in [0.29, 0.717) is 12.2 Å². The molecule has 0 aliphatic rings. The van der Waals surface area contributed by atoms with E-state index in [9.17, 15) is 9.59 Å². The molecule has 0 bridgehead atoms. The molecule has 2 rings (SSSR count). The van der Waals surface area contributed by atoms with Gasteiger partial charge < -0.3 is 9.30 Å². The fourth-order valence-electron chi connectivity index (χ4n) is 2.50. The van der Waals surface area contributed by atoms with E-state index in [1.54, 1.807) is 12.5 Å². The van der Waals surface area contributed by atoms with Gasteiger partial charge >= 0.3 is 5.97 Å². The van der Waals surface area contributed by atoms with Gasteiger partial charge in [0.25, 0.3) is 0 Å². The summed E-state index contributed by atoms with van der Waals surface area (Å²) in [7, 11) is 1.88. The first-order chi connectivity index (χ1) is 12.2. The van der Waals surface area contributed by atoms with Crippen LogP contribution in [0.25, 0.3) is 0 Å². The van der Waals surface area contributed by atoms with Gasteiger partial charge in [-0.15, -0.1) is 0 Å². The second kappa shape index (κ2) is 9.03. The monoisotopic (exact) mass is 374 g/mol. The molecule has 5 nitrogen and oxygen atoms in total. The molecule has 26 heavy (non-hydrogen) atoms. The summed E-state index contributed by atoms with van der Waals surface area (Å²) in [5.74, 6) is -0.192. The molecule has 0 spiro atoms. The Labute approximate surface area is 159 Å². The summed E-state index contributed by atoms with van der Waals surface area (Å²) in [6.07, 6.45) is 3.97. The van der Waals surface area contributed by atoms with Crippen LogP contribution in [-0.2, 0) is 33.5 Å². The van der Waals surface area contributed by atoms with E-state index in [4.69, 9.17) is 4.74 Å². The average molecular weight is 375 g/mol. The van der Waals surface area contributed by atoms with Crippen molar-refractivity contribution in [3.8, 4) is 0 Å². The molecule has 1 atom stereocenters. The molecule has 1 aromatic heterocycles. The van der Waals surface area contributed by atoms with Crippen molar-refractivity contribution in [3.05, 3.63) is 54.1 Å². The summed E-state index contributed by atoms with van der Waals surface area (Å²) in [4.78, 5) is 29.1. The highest BCUT2D eigenvalue weighted by molar-refractivity contribution is 8.13. The first kappa shape index (κ1) is 20.2. The predicted octanol–water partition coefficient (Wildman–Crippen LogP) is 3.77. The van der Waals surface area contributed by atoms with Gasteiger partial charge in [0, 0.05) is 37.0 Å². The average Bonchev–Trinajstić information content (AvgIpc) is 2.96. The van der Waals surface area contributed by atoms with Gasteiger partial charge in [0.15, 0.2) is 5.12 Å². The highest BCUT2D eigenvalue weighted by Crippen LogP contribution is 2.24. The lowest BCUT2D eigenvalue weighted by Crippen LogP contribution is -2.27. The summed E-state index contributed by atoms with van der Waals surface area (Å²) < 4.78 is 7.28. The van der Waals surface area contributed by atoms with Crippen molar-refractivity contribution in [1.82, 2.24) is 9.55 Å². The zero-order chi connectivity index (χ0) is 19.2. The van der Waals surface area contributed by atoms with Crippen LogP contribution in [0.4, 0.5) is 0 Å². The quantitative estimate of drug-likeness (QED) is 0.691. The minimum atomic E-state index is -0.561. The number of nitrogens with zero attached hydrogens (tertiary/aromatic N) is 2. The number of rotatable bonds is 7. The Balaban J connectivity index is 2.04. The summed E-state index contributed by atoms with van der Waals surface area (Å²) in [6.45, 7) is 5.48. The zero-order valence-electron chi connectivity index (χ0n) is 15.8. The van der Waals surface area contributed by atoms with E-state index >= 15 is 0 Å². The molecule has 0 fully saturated rings. The smallest absolute Gasteiger partial charge is 0.307 e. The second-order valence-electron chi connectivity index (χ2n) is 7.28. The molecule has 0 N–H and O–H groups in total. The Bertz CT molecular complexity index is 735. The van der Waals surface area contributed by atoms with Crippen molar-refractivity contribution in [2.75, 3.05) is 0 Å². The van der Waals surface area contributed by atoms with Crippen LogP contribution < -0.4 is 0 Å². The van der Waals surface area contributed by atoms with Crippen LogP contribution in [0, 0.1) is 5.92 Å². The molecule has 0 aliphatic carbocycles. The number of carbonyl (C=O) groups excluding carboxylic acids is 2. The van der Waals surface area contributed by atoms with Gasteiger partial charge in [-0.3, -0.25) is 9.59 Å². The minimum absolute atomic E-state index is 0.000845. The van der Waals surface area contributed by atoms with E-state index in [1.165, 1.54) is 11.8 Å². The van der Waals surface area contributed by atoms with Gasteiger partial charge in [0.1, 0.15) is 5.60 Å². The topological polar surface area (TPSA) is 61.2 Å². The van der Waals surface area contributed by atoms with Crippen LogP contribution in [0.5, 0.6) is 0 Å². The van der Waals surface area contributed by atoms with Crippen molar-refractivity contribution in [2.24, 2.45) is 13.0 Å². The maximum absolute atomic E-state index is 12.8. The number of thioether (sulfide) groups is 1. The number of hydrogen-bond acceptors (Lipinski definition) is 5. The largest absolute Gasteiger partial charge is 0.460 e. The van der Waals surface area contributed by atoms with Crippen molar-refractivity contribution in [2.45, 2.75) is 45.0 Å². The first-order valence-electron chi connectivity index (χ1n) is 8.62. The fourth-order valence-corrected chi connectivity index (χ4v) is 3.41. The fraction of sp³-hybridized carbons (Fsp3) is 0.450. The summed E-state index contributed by atoms with van der Waals surface area (Å²) in [5, 5.41) is 0.000845. The highest BCUT2D eigenvalue weighted by atomic mass is 32.2. The molecule has 1 aromatic carbocycles. The van der Waals surface area contributed by atoms with Crippen LogP contribution in [-0.4, -0.2) is 26.2 Å². The van der Waals surface area contributed by atoms with E-state index < -0.39 is 11.5 Å². The molecule has 0 radical (unpaired) electrons. The molecule has 0 saturated carbocycles. The molecular weight excluding hydrogens is 348 g/mol. The Morgan fingerprint density at radius 2 is 1.92 bits per heavy atom. The van der Waals surface area contributed by atoms with Gasteiger partial charge in [-0.2, -0.15) is 0 Å². The minimum Gasteiger partial charge on any atom is -0.460 e. The number of carbonyl (C=O) groups is 2. The van der Waals surface area contributed by atoms with Crippen LogP contribution in [0.2, 0.25) is 0 Å². The van der Waals surface area contributed by atoms with Crippen LogP contribution in [0.3, 0.4) is 0 Å². The van der Waals surface area contributed by atoms with Crippen LogP contribution >= 0.6 is 11.8 Å². The molecule has 0 saturated heterocycles. The summed E-state index contributed by atoms with van der Waals surface area (Å²) in [5.41, 5.74) is 1.45. The summed E-state index contributed by atoms with van der Waals surface area (Å²) >= 11 is 1.25. The molecule has 1 heterocycles. The zero-order valence-corrected chi connectivity index (χ0v) is 16.6. The lowest BCUT2D eigenvalue weighted by atomic mass is 10.0. The first-order valence-corrected chi connectivity index (χ1v) is 9.61. The summed E-state index contributed by atoms with van der Waals surface area (Å²) in [6, 6.07) is 9.83. The highest BCUT2D eigenvalue weighted by Gasteiger charge is 2.27. The van der Waals surface area contributed by atoms with Gasteiger partial charge in [-0.1, -0.05) is 42.1 Å². The third-order valence-corrected chi connectivity index (χ3v) is 4.86. The normalized spacial score (nSPS) is 12.6. The maximum atomic E-state index is 12.8. The number of aromatic nitrogens is 2. The van der Waals surface area contributed by atoms with E-state index in [0.717, 1.165) is 11.3 Å². The number of aryl methyl sites for hydroxylation is 1. The molecule has 2 aromatic rings. The Morgan fingerprint density at radius 1 is 1.23 bits per heavy atom. The predicted molar refractivity (Wildman–Crippen MR) is 104 cm³/mol. The lowest BCUT2D eigenvalue weighted by Gasteiger charge is -2.22. The van der Waals surface area contributed by atoms with Crippen molar-refractivity contribution >= 4 is 22.8 Å². The standard InChI is InChI=1S/C20H26N2O3S/c1-20(2,3)25-18(23)11-16(10-17-12-21-14-22(17)4)19(24)26-13-15-8-6-5-7-9-15/h5-9,12,14,16H,10-11,13H2,1-4H3/t16-/m1/s1. The molecule has 0 unspecified atom stereocenters. The molecule has 140 valence electrons. The number of imidazole rings is 1. The van der Waals surface area contributed by atoms with Gasteiger partial charge in [0.05, 0.1) is 12.7 Å². The number of ether oxygens (including phenoxy) is 1. The van der Waals surface area contributed by atoms with Crippen molar-refractivity contribution in [1.29, 1.82) is 0 Å². The second-order valence-corrected chi connectivity index (χ2v) is 8.26. The number of hydrogen-bond donors (Lipinski definition) is 0. The molecule has 6 heteroatoms. The van der Waals surface area contributed by atoms with Crippen LogP contribution in [0.1, 0.15) is 38.4 Å². The Hall–Kier alpha value is -2.08. The molecule has 0 amide bonds. The maximum Gasteiger partial charge on any atom is 0.307 e. The van der Waals surface area contributed by atoms with Crippen molar-refractivity contribution < 1.29 is 14.3 Å². The number of benzene rings is 1.